The van der Waals surface area contributed by atoms with Crippen molar-refractivity contribution in [2.45, 2.75) is 6.92 Å². The van der Waals surface area contributed by atoms with E-state index in [1.807, 2.05) is 19.1 Å². The average molecular weight is 412 g/mol. The standard InChI is InChI=1S/C23H28N2O5/c1-3-29-15-16-30-21-10-5-4-9-20(21)23(27)25-13-11-24(12-14-25)22(26)18-7-6-8-19(17-18)28-2/h4-10,17H,3,11-16H2,1-2H3. The molecule has 7 nitrogen and oxygen atoms in total. The zero-order valence-electron chi connectivity index (χ0n) is 17.5. The molecule has 1 aliphatic heterocycles. The maximum atomic E-state index is 13.0. The third-order valence-corrected chi connectivity index (χ3v) is 4.98. The summed E-state index contributed by atoms with van der Waals surface area (Å²) in [6.45, 7) is 5.33. The molecule has 1 aliphatic rings. The number of benzene rings is 2. The van der Waals surface area contributed by atoms with Gasteiger partial charge in [-0.15, -0.1) is 0 Å². The molecule has 2 aromatic carbocycles. The second kappa shape index (κ2) is 10.6. The Balaban J connectivity index is 1.59. The fourth-order valence-corrected chi connectivity index (χ4v) is 3.35. The monoisotopic (exact) mass is 412 g/mol. The van der Waals surface area contributed by atoms with E-state index in [2.05, 4.69) is 0 Å². The Morgan fingerprint density at radius 3 is 2.30 bits per heavy atom. The van der Waals surface area contributed by atoms with Gasteiger partial charge in [-0.3, -0.25) is 9.59 Å². The van der Waals surface area contributed by atoms with Gasteiger partial charge in [0.15, 0.2) is 0 Å². The second-order valence-corrected chi connectivity index (χ2v) is 6.86. The molecular weight excluding hydrogens is 384 g/mol. The van der Waals surface area contributed by atoms with Crippen LogP contribution in [0.3, 0.4) is 0 Å². The van der Waals surface area contributed by atoms with Crippen molar-refractivity contribution >= 4 is 11.8 Å². The molecule has 0 unspecified atom stereocenters. The van der Waals surface area contributed by atoms with Crippen LogP contribution in [0.1, 0.15) is 27.6 Å². The summed E-state index contributed by atoms with van der Waals surface area (Å²) in [5.41, 5.74) is 1.11. The van der Waals surface area contributed by atoms with E-state index < -0.39 is 0 Å². The number of piperazine rings is 1. The molecule has 0 aromatic heterocycles. The summed E-state index contributed by atoms with van der Waals surface area (Å²) in [5.74, 6) is 1.06. The summed E-state index contributed by atoms with van der Waals surface area (Å²) in [5, 5.41) is 0. The first-order chi connectivity index (χ1) is 14.6. The number of rotatable bonds is 8. The van der Waals surface area contributed by atoms with Crippen LogP contribution in [-0.4, -0.2) is 74.7 Å². The minimum Gasteiger partial charge on any atom is -0.497 e. The number of hydrogen-bond acceptors (Lipinski definition) is 5. The predicted octanol–water partition coefficient (Wildman–Crippen LogP) is 2.71. The minimum absolute atomic E-state index is 0.0549. The third-order valence-electron chi connectivity index (χ3n) is 4.98. The van der Waals surface area contributed by atoms with Crippen molar-refractivity contribution in [1.29, 1.82) is 0 Å². The number of hydrogen-bond donors (Lipinski definition) is 0. The van der Waals surface area contributed by atoms with Crippen LogP contribution in [0.4, 0.5) is 0 Å². The molecule has 1 saturated heterocycles. The summed E-state index contributed by atoms with van der Waals surface area (Å²) in [7, 11) is 1.58. The van der Waals surface area contributed by atoms with Crippen molar-refractivity contribution < 1.29 is 23.8 Å². The van der Waals surface area contributed by atoms with Crippen molar-refractivity contribution in [1.82, 2.24) is 9.80 Å². The molecule has 0 bridgehead atoms. The van der Waals surface area contributed by atoms with Crippen molar-refractivity contribution in [3.05, 3.63) is 59.7 Å². The van der Waals surface area contributed by atoms with E-state index in [0.717, 1.165) is 0 Å². The fourth-order valence-electron chi connectivity index (χ4n) is 3.35. The molecule has 0 spiro atoms. The Kier molecular flexibility index (Phi) is 7.68. The molecule has 0 saturated carbocycles. The van der Waals surface area contributed by atoms with Crippen molar-refractivity contribution in [3.8, 4) is 11.5 Å². The molecule has 0 N–H and O–H groups in total. The van der Waals surface area contributed by atoms with Crippen LogP contribution in [0.2, 0.25) is 0 Å². The van der Waals surface area contributed by atoms with Crippen LogP contribution in [0.25, 0.3) is 0 Å². The molecule has 7 heteroatoms. The lowest BCUT2D eigenvalue weighted by molar-refractivity contribution is 0.0531. The van der Waals surface area contributed by atoms with Gasteiger partial charge in [0.1, 0.15) is 18.1 Å². The van der Waals surface area contributed by atoms with Gasteiger partial charge in [0.2, 0.25) is 0 Å². The molecule has 1 heterocycles. The Labute approximate surface area is 177 Å². The lowest BCUT2D eigenvalue weighted by atomic mass is 10.1. The van der Waals surface area contributed by atoms with E-state index in [9.17, 15) is 9.59 Å². The molecule has 30 heavy (non-hydrogen) atoms. The molecular formula is C23H28N2O5. The molecule has 0 radical (unpaired) electrons. The Morgan fingerprint density at radius 1 is 0.900 bits per heavy atom. The number of amides is 2. The van der Waals surface area contributed by atoms with Crippen molar-refractivity contribution in [3.63, 3.8) is 0 Å². The van der Waals surface area contributed by atoms with Gasteiger partial charge in [-0.05, 0) is 37.3 Å². The highest BCUT2D eigenvalue weighted by Crippen LogP contribution is 2.21. The number of methoxy groups -OCH3 is 1. The Hall–Kier alpha value is -3.06. The molecule has 0 atom stereocenters. The number of para-hydroxylation sites is 1. The van der Waals surface area contributed by atoms with Gasteiger partial charge in [0.05, 0.1) is 19.3 Å². The maximum Gasteiger partial charge on any atom is 0.257 e. The van der Waals surface area contributed by atoms with Crippen molar-refractivity contribution in [2.24, 2.45) is 0 Å². The molecule has 1 fully saturated rings. The molecule has 0 aliphatic carbocycles. The molecule has 3 rings (SSSR count). The van der Waals surface area contributed by atoms with Crippen LogP contribution in [0.15, 0.2) is 48.5 Å². The first-order valence-electron chi connectivity index (χ1n) is 10.2. The van der Waals surface area contributed by atoms with E-state index in [4.69, 9.17) is 14.2 Å². The van der Waals surface area contributed by atoms with Crippen LogP contribution in [0.5, 0.6) is 11.5 Å². The number of ether oxygens (including phenoxy) is 3. The zero-order chi connectivity index (χ0) is 21.3. The summed E-state index contributed by atoms with van der Waals surface area (Å²) < 4.78 is 16.2. The minimum atomic E-state index is -0.0875. The maximum absolute atomic E-state index is 13.0. The summed E-state index contributed by atoms with van der Waals surface area (Å²) in [4.78, 5) is 29.3. The first kappa shape index (κ1) is 21.6. The van der Waals surface area contributed by atoms with E-state index >= 15 is 0 Å². The van der Waals surface area contributed by atoms with Crippen LogP contribution in [0, 0.1) is 0 Å². The Bertz CT molecular complexity index is 862. The average Bonchev–Trinajstić information content (AvgIpc) is 2.81. The number of carbonyl (C=O) groups excluding carboxylic acids is 2. The highest BCUT2D eigenvalue weighted by atomic mass is 16.5. The highest BCUT2D eigenvalue weighted by Gasteiger charge is 2.27. The lowest BCUT2D eigenvalue weighted by Gasteiger charge is -2.35. The van der Waals surface area contributed by atoms with E-state index in [0.29, 0.717) is 68.6 Å². The lowest BCUT2D eigenvalue weighted by Crippen LogP contribution is -2.50. The van der Waals surface area contributed by atoms with Crippen LogP contribution < -0.4 is 9.47 Å². The van der Waals surface area contributed by atoms with Crippen molar-refractivity contribution in [2.75, 3.05) is 53.1 Å². The predicted molar refractivity (Wildman–Crippen MR) is 113 cm³/mol. The van der Waals surface area contributed by atoms with E-state index in [1.54, 1.807) is 53.3 Å². The molecule has 160 valence electrons. The van der Waals surface area contributed by atoms with Gasteiger partial charge in [0.25, 0.3) is 11.8 Å². The number of nitrogens with zero attached hydrogens (tertiary/aromatic N) is 2. The number of carbonyl (C=O) groups is 2. The Morgan fingerprint density at radius 2 is 1.60 bits per heavy atom. The van der Waals surface area contributed by atoms with E-state index in [-0.39, 0.29) is 11.8 Å². The summed E-state index contributed by atoms with van der Waals surface area (Å²) in [6, 6.07) is 14.3. The van der Waals surface area contributed by atoms with Crippen LogP contribution in [-0.2, 0) is 4.74 Å². The largest absolute Gasteiger partial charge is 0.497 e. The van der Waals surface area contributed by atoms with Gasteiger partial charge in [-0.1, -0.05) is 18.2 Å². The second-order valence-electron chi connectivity index (χ2n) is 6.86. The summed E-state index contributed by atoms with van der Waals surface area (Å²) in [6.07, 6.45) is 0. The molecule has 2 amide bonds. The highest BCUT2D eigenvalue weighted by molar-refractivity contribution is 5.97. The van der Waals surface area contributed by atoms with Gasteiger partial charge < -0.3 is 24.0 Å². The van der Waals surface area contributed by atoms with Gasteiger partial charge in [0, 0.05) is 38.3 Å². The van der Waals surface area contributed by atoms with Gasteiger partial charge in [-0.25, -0.2) is 0 Å². The molecule has 2 aromatic rings. The van der Waals surface area contributed by atoms with Crippen LogP contribution >= 0.6 is 0 Å². The van der Waals surface area contributed by atoms with Gasteiger partial charge in [-0.2, -0.15) is 0 Å². The first-order valence-corrected chi connectivity index (χ1v) is 10.2. The quantitative estimate of drug-likeness (QED) is 0.624. The normalized spacial score (nSPS) is 13.8. The smallest absolute Gasteiger partial charge is 0.257 e. The van der Waals surface area contributed by atoms with E-state index in [1.165, 1.54) is 0 Å². The van der Waals surface area contributed by atoms with Gasteiger partial charge >= 0.3 is 0 Å². The zero-order valence-corrected chi connectivity index (χ0v) is 17.5. The topological polar surface area (TPSA) is 68.3 Å². The SMILES string of the molecule is CCOCCOc1ccccc1C(=O)N1CCN(C(=O)c2cccc(OC)c2)CC1. The summed E-state index contributed by atoms with van der Waals surface area (Å²) >= 11 is 0. The fraction of sp³-hybridized carbons (Fsp3) is 0.391. The third kappa shape index (κ3) is 5.30.